The number of rotatable bonds is 5. The first kappa shape index (κ1) is 17.5. The van der Waals surface area contributed by atoms with Crippen molar-refractivity contribution in [3.05, 3.63) is 59.6 Å². The monoisotopic (exact) mass is 381 g/mol. The van der Waals surface area contributed by atoms with E-state index in [1.54, 1.807) is 0 Å². The van der Waals surface area contributed by atoms with E-state index in [4.69, 9.17) is 11.6 Å². The molecule has 138 valence electrons. The summed E-state index contributed by atoms with van der Waals surface area (Å²) in [7, 11) is 0. The van der Waals surface area contributed by atoms with E-state index in [1.165, 1.54) is 0 Å². The topological polar surface area (TPSA) is 78.0 Å². The van der Waals surface area contributed by atoms with Crippen LogP contribution in [0.15, 0.2) is 54.6 Å². The van der Waals surface area contributed by atoms with Crippen molar-refractivity contribution < 1.29 is 0 Å². The van der Waals surface area contributed by atoms with Crippen molar-refractivity contribution in [3.8, 4) is 0 Å². The molecule has 0 radical (unpaired) electrons. The minimum Gasteiger partial charge on any atom is -0.338 e. The molecule has 1 fully saturated rings. The third-order valence-corrected chi connectivity index (χ3v) is 4.37. The van der Waals surface area contributed by atoms with Gasteiger partial charge in [0.1, 0.15) is 0 Å². The third-order valence-electron chi connectivity index (χ3n) is 4.13. The Kier molecular flexibility index (Phi) is 5.32. The van der Waals surface area contributed by atoms with Crippen LogP contribution < -0.4 is 20.9 Å². The zero-order valence-corrected chi connectivity index (χ0v) is 15.4. The maximum absolute atomic E-state index is 6.08. The summed E-state index contributed by atoms with van der Waals surface area (Å²) in [6, 6.07) is 17.3. The van der Waals surface area contributed by atoms with Crippen LogP contribution in [-0.4, -0.2) is 41.1 Å². The Hall–Kier alpha value is -2.90. The highest BCUT2D eigenvalue weighted by atomic mass is 35.5. The second-order valence-corrected chi connectivity index (χ2v) is 6.58. The van der Waals surface area contributed by atoms with Gasteiger partial charge >= 0.3 is 0 Å². The summed E-state index contributed by atoms with van der Waals surface area (Å²) < 4.78 is 0. The number of halogens is 1. The van der Waals surface area contributed by atoms with Gasteiger partial charge in [0.05, 0.1) is 0 Å². The van der Waals surface area contributed by atoms with Crippen LogP contribution in [0.5, 0.6) is 0 Å². The highest BCUT2D eigenvalue weighted by Gasteiger charge is 2.16. The van der Waals surface area contributed by atoms with Crippen molar-refractivity contribution in [2.24, 2.45) is 0 Å². The molecule has 0 spiro atoms. The second kappa shape index (κ2) is 8.20. The standard InChI is InChI=1S/C19H20ClN7/c20-14-5-4-8-16(13-14)23-18-24-17(22-15-6-2-1-3-7-15)25-19(26-18)27-11-9-21-10-12-27/h1-8,13,21H,9-12H2,(H2,22,23,24,25,26). The molecule has 0 amide bonds. The van der Waals surface area contributed by atoms with Crippen molar-refractivity contribution >= 4 is 40.8 Å². The van der Waals surface area contributed by atoms with Crippen molar-refractivity contribution in [1.29, 1.82) is 0 Å². The summed E-state index contributed by atoms with van der Waals surface area (Å²) in [5.41, 5.74) is 1.74. The molecule has 2 heterocycles. The van der Waals surface area contributed by atoms with E-state index in [0.717, 1.165) is 37.6 Å². The minimum absolute atomic E-state index is 0.472. The van der Waals surface area contributed by atoms with E-state index in [1.807, 2.05) is 54.6 Å². The summed E-state index contributed by atoms with van der Waals surface area (Å²) in [6.07, 6.45) is 0. The van der Waals surface area contributed by atoms with E-state index in [2.05, 4.69) is 35.8 Å². The average molecular weight is 382 g/mol. The van der Waals surface area contributed by atoms with Crippen LogP contribution in [0.4, 0.5) is 29.2 Å². The lowest BCUT2D eigenvalue weighted by molar-refractivity contribution is 0.579. The first-order chi connectivity index (χ1) is 13.3. The molecule has 7 nitrogen and oxygen atoms in total. The second-order valence-electron chi connectivity index (χ2n) is 6.15. The Labute approximate surface area is 162 Å². The lowest BCUT2D eigenvalue weighted by Gasteiger charge is -2.27. The highest BCUT2D eigenvalue weighted by molar-refractivity contribution is 6.30. The van der Waals surface area contributed by atoms with Crippen LogP contribution in [0.25, 0.3) is 0 Å². The van der Waals surface area contributed by atoms with E-state index in [9.17, 15) is 0 Å². The maximum atomic E-state index is 6.08. The van der Waals surface area contributed by atoms with Gasteiger partial charge in [0.2, 0.25) is 17.8 Å². The van der Waals surface area contributed by atoms with E-state index in [-0.39, 0.29) is 0 Å². The minimum atomic E-state index is 0.472. The predicted octanol–water partition coefficient (Wildman–Crippen LogP) is 3.42. The largest absolute Gasteiger partial charge is 0.338 e. The summed E-state index contributed by atoms with van der Waals surface area (Å²) in [6.45, 7) is 3.52. The normalized spacial score (nSPS) is 14.0. The van der Waals surface area contributed by atoms with Crippen LogP contribution in [0.2, 0.25) is 5.02 Å². The Morgan fingerprint density at radius 2 is 1.48 bits per heavy atom. The molecule has 1 aliphatic rings. The molecule has 3 N–H and O–H groups in total. The van der Waals surface area contributed by atoms with Gasteiger partial charge in [-0.3, -0.25) is 0 Å². The van der Waals surface area contributed by atoms with Crippen LogP contribution in [-0.2, 0) is 0 Å². The Bertz CT molecular complexity index is 898. The number of aromatic nitrogens is 3. The lowest BCUT2D eigenvalue weighted by Crippen LogP contribution is -2.44. The summed E-state index contributed by atoms with van der Waals surface area (Å²) in [5.74, 6) is 1.61. The van der Waals surface area contributed by atoms with Gasteiger partial charge in [-0.05, 0) is 30.3 Å². The van der Waals surface area contributed by atoms with Crippen molar-refractivity contribution in [2.45, 2.75) is 0 Å². The molecule has 0 aliphatic carbocycles. The van der Waals surface area contributed by atoms with Crippen molar-refractivity contribution in [3.63, 3.8) is 0 Å². The molecule has 0 unspecified atom stereocenters. The third kappa shape index (κ3) is 4.64. The van der Waals surface area contributed by atoms with Gasteiger partial charge in [0.25, 0.3) is 0 Å². The summed E-state index contributed by atoms with van der Waals surface area (Å²) in [5, 5.41) is 10.5. The van der Waals surface area contributed by atoms with Crippen molar-refractivity contribution in [1.82, 2.24) is 20.3 Å². The SMILES string of the molecule is Clc1cccc(Nc2nc(Nc3ccccc3)nc(N3CCNCC3)n2)c1. The molecule has 1 aromatic heterocycles. The smallest absolute Gasteiger partial charge is 0.233 e. The maximum Gasteiger partial charge on any atom is 0.233 e. The number of nitrogens with zero attached hydrogens (tertiary/aromatic N) is 4. The number of nitrogens with one attached hydrogen (secondary N) is 3. The molecule has 0 saturated carbocycles. The molecular weight excluding hydrogens is 362 g/mol. The quantitative estimate of drug-likeness (QED) is 0.625. The zero-order chi connectivity index (χ0) is 18.5. The molecule has 3 aromatic rings. The molecule has 1 aliphatic heterocycles. The number of benzene rings is 2. The summed E-state index contributed by atoms with van der Waals surface area (Å²) >= 11 is 6.08. The van der Waals surface area contributed by atoms with Gasteiger partial charge in [-0.15, -0.1) is 0 Å². The number of hydrogen-bond acceptors (Lipinski definition) is 7. The average Bonchev–Trinajstić information content (AvgIpc) is 2.69. The molecule has 2 aromatic carbocycles. The molecular formula is C19H20ClN7. The number of para-hydroxylation sites is 1. The van der Waals surface area contributed by atoms with Crippen LogP contribution in [0.1, 0.15) is 0 Å². The van der Waals surface area contributed by atoms with Gasteiger partial charge < -0.3 is 20.9 Å². The lowest BCUT2D eigenvalue weighted by atomic mass is 10.3. The van der Waals surface area contributed by atoms with Gasteiger partial charge in [-0.2, -0.15) is 15.0 Å². The number of anilines is 5. The van der Waals surface area contributed by atoms with Gasteiger partial charge in [-0.1, -0.05) is 35.9 Å². The molecule has 8 heteroatoms. The zero-order valence-electron chi connectivity index (χ0n) is 14.7. The van der Waals surface area contributed by atoms with E-state index < -0.39 is 0 Å². The molecule has 0 atom stereocenters. The van der Waals surface area contributed by atoms with Gasteiger partial charge in [0.15, 0.2) is 0 Å². The summed E-state index contributed by atoms with van der Waals surface area (Å²) in [4.78, 5) is 15.9. The fourth-order valence-corrected chi connectivity index (χ4v) is 3.02. The molecule has 4 rings (SSSR count). The first-order valence-electron chi connectivity index (χ1n) is 8.83. The van der Waals surface area contributed by atoms with Crippen LogP contribution in [0, 0.1) is 0 Å². The number of hydrogen-bond donors (Lipinski definition) is 3. The number of piperazine rings is 1. The Morgan fingerprint density at radius 3 is 2.19 bits per heavy atom. The molecule has 0 bridgehead atoms. The van der Waals surface area contributed by atoms with Gasteiger partial charge in [-0.25, -0.2) is 0 Å². The highest BCUT2D eigenvalue weighted by Crippen LogP contribution is 2.22. The van der Waals surface area contributed by atoms with E-state index >= 15 is 0 Å². The predicted molar refractivity (Wildman–Crippen MR) is 109 cm³/mol. The fraction of sp³-hybridized carbons (Fsp3) is 0.211. The van der Waals surface area contributed by atoms with Crippen LogP contribution >= 0.6 is 11.6 Å². The first-order valence-corrected chi connectivity index (χ1v) is 9.20. The Balaban J connectivity index is 1.65. The van der Waals surface area contributed by atoms with Gasteiger partial charge in [0, 0.05) is 42.6 Å². The van der Waals surface area contributed by atoms with Crippen LogP contribution in [0.3, 0.4) is 0 Å². The van der Waals surface area contributed by atoms with E-state index in [0.29, 0.717) is 22.9 Å². The molecule has 1 saturated heterocycles. The van der Waals surface area contributed by atoms with Crippen molar-refractivity contribution in [2.75, 3.05) is 41.7 Å². The molecule has 27 heavy (non-hydrogen) atoms. The fourth-order valence-electron chi connectivity index (χ4n) is 2.83. The Morgan fingerprint density at radius 1 is 0.815 bits per heavy atom.